The molecule has 1 unspecified atom stereocenters. The van der Waals surface area contributed by atoms with Gasteiger partial charge in [-0.3, -0.25) is 4.90 Å². The van der Waals surface area contributed by atoms with Crippen LogP contribution in [0.2, 0.25) is 10.0 Å². The van der Waals surface area contributed by atoms with E-state index in [1.807, 2.05) is 48.5 Å². The molecule has 1 aromatic heterocycles. The first kappa shape index (κ1) is 23.3. The topological polar surface area (TPSA) is 74.7 Å². The largest absolute Gasteiger partial charge is 0.477 e. The number of sulfone groups is 1. The Balaban J connectivity index is 1.62. The monoisotopic (exact) mass is 509 g/mol. The number of aromatic carboxylic acids is 1. The maximum atomic E-state index is 12.6. The predicted molar refractivity (Wildman–Crippen MR) is 129 cm³/mol. The van der Waals surface area contributed by atoms with Crippen molar-refractivity contribution in [2.24, 2.45) is 5.92 Å². The number of hydrogen-bond acceptors (Lipinski definition) is 5. The number of carboxylic acids is 1. The molecule has 0 aliphatic carbocycles. The lowest BCUT2D eigenvalue weighted by atomic mass is 9.88. The minimum absolute atomic E-state index is 0.0705. The molecule has 1 fully saturated rings. The smallest absolute Gasteiger partial charge is 0.345 e. The molecule has 4 rings (SSSR count). The molecule has 5 nitrogen and oxygen atoms in total. The van der Waals surface area contributed by atoms with Gasteiger partial charge in [-0.25, -0.2) is 13.2 Å². The fourth-order valence-corrected chi connectivity index (χ4v) is 7.48. The van der Waals surface area contributed by atoms with Gasteiger partial charge in [-0.15, -0.1) is 11.3 Å². The summed E-state index contributed by atoms with van der Waals surface area (Å²) in [4.78, 5) is 14.2. The molecule has 0 radical (unpaired) electrons. The molecule has 2 aromatic carbocycles. The predicted octanol–water partition coefficient (Wildman–Crippen LogP) is 5.56. The molecule has 1 atom stereocenters. The minimum Gasteiger partial charge on any atom is -0.477 e. The number of rotatable bonds is 7. The maximum Gasteiger partial charge on any atom is 0.345 e. The summed E-state index contributed by atoms with van der Waals surface area (Å²) in [6, 6.07) is 18.3. The number of likely N-dealkylation sites (tertiary alicyclic amines) is 1. The highest BCUT2D eigenvalue weighted by atomic mass is 35.5. The summed E-state index contributed by atoms with van der Waals surface area (Å²) in [5.41, 5.74) is 2.10. The molecule has 1 aliphatic rings. The molecule has 1 saturated heterocycles. The number of halogens is 2. The van der Waals surface area contributed by atoms with Crippen LogP contribution in [0.1, 0.15) is 37.0 Å². The molecular formula is C23H21Cl2NO4S2. The zero-order valence-electron chi connectivity index (χ0n) is 17.1. The van der Waals surface area contributed by atoms with Gasteiger partial charge in [0, 0.05) is 40.2 Å². The van der Waals surface area contributed by atoms with Crippen LogP contribution in [0.4, 0.5) is 0 Å². The Hall–Kier alpha value is -1.90. The molecule has 0 saturated carbocycles. The van der Waals surface area contributed by atoms with Crippen LogP contribution in [-0.2, 0) is 9.84 Å². The van der Waals surface area contributed by atoms with E-state index < -0.39 is 21.1 Å². The fraction of sp³-hybridized carbons (Fsp3) is 0.261. The number of carbonyl (C=O) groups is 1. The Kier molecular flexibility index (Phi) is 6.66. The van der Waals surface area contributed by atoms with Crippen molar-refractivity contribution in [1.29, 1.82) is 0 Å². The highest BCUT2D eigenvalue weighted by Crippen LogP contribution is 2.43. The molecule has 1 aliphatic heterocycles. The number of benzene rings is 2. The quantitative estimate of drug-likeness (QED) is 0.451. The first-order valence-electron chi connectivity index (χ1n) is 9.90. The van der Waals surface area contributed by atoms with E-state index in [2.05, 4.69) is 4.90 Å². The van der Waals surface area contributed by atoms with Crippen LogP contribution in [-0.4, -0.2) is 43.7 Å². The standard InChI is InChI=1S/C23H21Cl2NO4S2/c1-32(29,30)22(19-10-11-20(31-19)23(27)28)16-12-26(13-16)21(14-2-6-17(24)7-3-14)15-4-8-18(25)9-5-15/h2-11,16,21-22H,12-13H2,1H3,(H,27,28). The third kappa shape index (κ3) is 4.87. The molecule has 2 heterocycles. The molecule has 168 valence electrons. The molecule has 32 heavy (non-hydrogen) atoms. The van der Waals surface area contributed by atoms with Crippen molar-refractivity contribution in [3.8, 4) is 0 Å². The molecule has 0 spiro atoms. The first-order valence-corrected chi connectivity index (χ1v) is 13.4. The lowest BCUT2D eigenvalue weighted by Crippen LogP contribution is -2.52. The van der Waals surface area contributed by atoms with Crippen LogP contribution in [0.25, 0.3) is 0 Å². The van der Waals surface area contributed by atoms with Crippen LogP contribution in [0.3, 0.4) is 0 Å². The van der Waals surface area contributed by atoms with Crippen molar-refractivity contribution in [3.63, 3.8) is 0 Å². The molecule has 1 N–H and O–H groups in total. The first-order chi connectivity index (χ1) is 15.1. The Morgan fingerprint density at radius 3 is 1.88 bits per heavy atom. The summed E-state index contributed by atoms with van der Waals surface area (Å²) in [5.74, 6) is -1.18. The highest BCUT2D eigenvalue weighted by Gasteiger charge is 2.43. The van der Waals surface area contributed by atoms with Gasteiger partial charge < -0.3 is 5.11 Å². The SMILES string of the molecule is CS(=O)(=O)C(c1ccc(C(=O)O)s1)C1CN(C(c2ccc(Cl)cc2)c2ccc(Cl)cc2)C1. The van der Waals surface area contributed by atoms with E-state index in [0.29, 0.717) is 28.0 Å². The van der Waals surface area contributed by atoms with Gasteiger partial charge in [0.1, 0.15) is 10.1 Å². The number of carboxylic acid groups (broad SMARTS) is 1. The van der Waals surface area contributed by atoms with Crippen LogP contribution >= 0.6 is 34.5 Å². The van der Waals surface area contributed by atoms with Gasteiger partial charge in [-0.2, -0.15) is 0 Å². The zero-order valence-corrected chi connectivity index (χ0v) is 20.3. The van der Waals surface area contributed by atoms with Crippen molar-refractivity contribution in [2.75, 3.05) is 19.3 Å². The summed E-state index contributed by atoms with van der Waals surface area (Å²) < 4.78 is 25.3. The van der Waals surface area contributed by atoms with Crippen LogP contribution in [0, 0.1) is 5.92 Å². The van der Waals surface area contributed by atoms with Gasteiger partial charge in [-0.05, 0) is 47.5 Å². The number of nitrogens with zero attached hydrogens (tertiary/aromatic N) is 1. The van der Waals surface area contributed by atoms with E-state index in [1.54, 1.807) is 6.07 Å². The van der Waals surface area contributed by atoms with Crippen LogP contribution < -0.4 is 0 Å². The van der Waals surface area contributed by atoms with Crippen molar-refractivity contribution >= 4 is 50.3 Å². The lowest BCUT2D eigenvalue weighted by molar-refractivity contribution is 0.0660. The third-order valence-corrected chi connectivity index (χ3v) is 9.05. The summed E-state index contributed by atoms with van der Waals surface area (Å²) in [6.45, 7) is 1.13. The second-order valence-electron chi connectivity index (χ2n) is 7.98. The van der Waals surface area contributed by atoms with Crippen molar-refractivity contribution < 1.29 is 18.3 Å². The Labute approximate surface area is 201 Å². The summed E-state index contributed by atoms with van der Waals surface area (Å²) >= 11 is 13.2. The van der Waals surface area contributed by atoms with E-state index >= 15 is 0 Å². The van der Waals surface area contributed by atoms with Crippen molar-refractivity contribution in [2.45, 2.75) is 11.3 Å². The van der Waals surface area contributed by atoms with Gasteiger partial charge in [0.15, 0.2) is 9.84 Å². The van der Waals surface area contributed by atoms with Crippen LogP contribution in [0.5, 0.6) is 0 Å². The average molecular weight is 510 g/mol. The fourth-order valence-electron chi connectivity index (χ4n) is 4.27. The second kappa shape index (κ2) is 9.15. The highest BCUT2D eigenvalue weighted by molar-refractivity contribution is 7.91. The maximum absolute atomic E-state index is 12.6. The van der Waals surface area contributed by atoms with Crippen LogP contribution in [0.15, 0.2) is 60.7 Å². The van der Waals surface area contributed by atoms with E-state index in [4.69, 9.17) is 23.2 Å². The lowest BCUT2D eigenvalue weighted by Gasteiger charge is -2.47. The minimum atomic E-state index is -3.42. The van der Waals surface area contributed by atoms with Crippen molar-refractivity contribution in [1.82, 2.24) is 4.90 Å². The third-order valence-electron chi connectivity index (χ3n) is 5.68. The summed E-state index contributed by atoms with van der Waals surface area (Å²) in [7, 11) is -3.42. The molecule has 9 heteroatoms. The Morgan fingerprint density at radius 1 is 0.969 bits per heavy atom. The van der Waals surface area contributed by atoms with E-state index in [9.17, 15) is 18.3 Å². The summed E-state index contributed by atoms with van der Waals surface area (Å²) in [5, 5.41) is 9.80. The van der Waals surface area contributed by atoms with Crippen molar-refractivity contribution in [3.05, 3.63) is 91.6 Å². The van der Waals surface area contributed by atoms with Gasteiger partial charge in [0.2, 0.25) is 0 Å². The number of thiophene rings is 1. The van der Waals surface area contributed by atoms with E-state index in [-0.39, 0.29) is 16.8 Å². The zero-order chi connectivity index (χ0) is 23.0. The van der Waals surface area contributed by atoms with Gasteiger partial charge in [0.25, 0.3) is 0 Å². The van der Waals surface area contributed by atoms with Gasteiger partial charge in [0.05, 0.1) is 6.04 Å². The average Bonchev–Trinajstić information content (AvgIpc) is 3.17. The molecule has 3 aromatic rings. The summed E-state index contributed by atoms with van der Waals surface area (Å²) in [6.07, 6.45) is 1.22. The molecular weight excluding hydrogens is 489 g/mol. The second-order valence-corrected chi connectivity index (χ2v) is 12.1. The number of hydrogen-bond donors (Lipinski definition) is 1. The van der Waals surface area contributed by atoms with E-state index in [0.717, 1.165) is 22.5 Å². The van der Waals surface area contributed by atoms with Gasteiger partial charge >= 0.3 is 5.97 Å². The normalized spacial score (nSPS) is 16.1. The Bertz CT molecular complexity index is 1170. The van der Waals surface area contributed by atoms with Gasteiger partial charge in [-0.1, -0.05) is 47.5 Å². The molecule has 0 amide bonds. The Morgan fingerprint density at radius 2 is 1.47 bits per heavy atom. The molecule has 0 bridgehead atoms. The van der Waals surface area contributed by atoms with E-state index in [1.165, 1.54) is 12.3 Å².